The molecular formula is C16H21NO2. The van der Waals surface area contributed by atoms with Crippen LogP contribution in [0.2, 0.25) is 0 Å². The Kier molecular flexibility index (Phi) is 3.31. The predicted molar refractivity (Wildman–Crippen MR) is 73.8 cm³/mol. The van der Waals surface area contributed by atoms with Crippen LogP contribution in [-0.4, -0.2) is 29.2 Å². The van der Waals surface area contributed by atoms with Crippen molar-refractivity contribution in [3.8, 4) is 0 Å². The number of hydrogen-bond acceptors (Lipinski definition) is 2. The average molecular weight is 259 g/mol. The lowest BCUT2D eigenvalue weighted by atomic mass is 10.1. The summed E-state index contributed by atoms with van der Waals surface area (Å²) in [6.45, 7) is 2.82. The first-order valence-electron chi connectivity index (χ1n) is 7.29. The molecule has 19 heavy (non-hydrogen) atoms. The van der Waals surface area contributed by atoms with Crippen LogP contribution in [0.5, 0.6) is 0 Å². The van der Waals surface area contributed by atoms with Gasteiger partial charge in [0.05, 0.1) is 12.6 Å². The fraction of sp³-hybridized carbons (Fsp3) is 0.562. The smallest absolute Gasteiger partial charge is 0.256 e. The van der Waals surface area contributed by atoms with Gasteiger partial charge in [0.25, 0.3) is 5.91 Å². The number of benzene rings is 1. The van der Waals surface area contributed by atoms with Gasteiger partial charge in [-0.3, -0.25) is 4.79 Å². The normalized spacial score (nSPS) is 25.1. The number of carbonyl (C=O) groups excluding carboxylic acids is 1. The minimum atomic E-state index is -0.312. The van der Waals surface area contributed by atoms with E-state index in [1.54, 1.807) is 0 Å². The highest BCUT2D eigenvalue weighted by Gasteiger charge is 2.50. The van der Waals surface area contributed by atoms with E-state index >= 15 is 0 Å². The van der Waals surface area contributed by atoms with Crippen LogP contribution in [-0.2, 0) is 4.74 Å². The minimum absolute atomic E-state index is 0.131. The van der Waals surface area contributed by atoms with Crippen LogP contribution in [0.1, 0.15) is 49.4 Å². The molecule has 1 aliphatic heterocycles. The number of rotatable bonds is 2. The number of ether oxygens (including phenoxy) is 1. The molecule has 1 aliphatic carbocycles. The Morgan fingerprint density at radius 1 is 1.32 bits per heavy atom. The van der Waals surface area contributed by atoms with Crippen molar-refractivity contribution < 1.29 is 9.53 Å². The largest absolute Gasteiger partial charge is 0.353 e. The zero-order valence-electron chi connectivity index (χ0n) is 11.5. The summed E-state index contributed by atoms with van der Waals surface area (Å²) in [5, 5.41) is 0. The van der Waals surface area contributed by atoms with Gasteiger partial charge in [-0.1, -0.05) is 25.1 Å². The molecule has 3 rings (SSSR count). The zero-order chi connectivity index (χ0) is 13.3. The second-order valence-corrected chi connectivity index (χ2v) is 5.57. The van der Waals surface area contributed by atoms with Gasteiger partial charge in [-0.25, -0.2) is 0 Å². The molecule has 0 N–H and O–H groups in total. The Labute approximate surface area is 114 Å². The molecule has 1 aromatic rings. The number of carbonyl (C=O) groups is 1. The van der Waals surface area contributed by atoms with Crippen LogP contribution in [0.25, 0.3) is 0 Å². The van der Waals surface area contributed by atoms with Gasteiger partial charge < -0.3 is 9.64 Å². The molecule has 1 spiro atoms. The summed E-state index contributed by atoms with van der Waals surface area (Å²) in [6, 6.07) is 9.82. The van der Waals surface area contributed by atoms with Gasteiger partial charge in [0.1, 0.15) is 5.72 Å². The monoisotopic (exact) mass is 259 g/mol. The highest BCUT2D eigenvalue weighted by atomic mass is 16.5. The maximum Gasteiger partial charge on any atom is 0.256 e. The van der Waals surface area contributed by atoms with Gasteiger partial charge in [-0.15, -0.1) is 0 Å². The SMILES string of the molecule is CCC1COC2(CCCC2)N1C(=O)c1ccccc1. The van der Waals surface area contributed by atoms with E-state index in [0.717, 1.165) is 37.7 Å². The second kappa shape index (κ2) is 4.97. The lowest BCUT2D eigenvalue weighted by Gasteiger charge is -2.36. The Morgan fingerprint density at radius 3 is 2.63 bits per heavy atom. The number of nitrogens with zero attached hydrogens (tertiary/aromatic N) is 1. The molecule has 1 heterocycles. The van der Waals surface area contributed by atoms with Crippen molar-refractivity contribution in [2.75, 3.05) is 6.61 Å². The molecule has 1 aromatic carbocycles. The lowest BCUT2D eigenvalue weighted by molar-refractivity contribution is -0.0642. The summed E-state index contributed by atoms with van der Waals surface area (Å²) in [6.07, 6.45) is 5.26. The van der Waals surface area contributed by atoms with Crippen LogP contribution in [0.4, 0.5) is 0 Å². The fourth-order valence-electron chi connectivity index (χ4n) is 3.41. The topological polar surface area (TPSA) is 29.5 Å². The summed E-state index contributed by atoms with van der Waals surface area (Å²) in [5.74, 6) is 0.131. The van der Waals surface area contributed by atoms with Crippen molar-refractivity contribution in [3.63, 3.8) is 0 Å². The summed E-state index contributed by atoms with van der Waals surface area (Å²) in [7, 11) is 0. The summed E-state index contributed by atoms with van der Waals surface area (Å²) >= 11 is 0. The van der Waals surface area contributed by atoms with E-state index in [-0.39, 0.29) is 17.7 Å². The molecule has 102 valence electrons. The van der Waals surface area contributed by atoms with Gasteiger partial charge in [0, 0.05) is 5.56 Å². The second-order valence-electron chi connectivity index (χ2n) is 5.57. The van der Waals surface area contributed by atoms with Gasteiger partial charge >= 0.3 is 0 Å². The maximum atomic E-state index is 12.8. The van der Waals surface area contributed by atoms with Gasteiger partial charge in [-0.05, 0) is 44.2 Å². The quantitative estimate of drug-likeness (QED) is 0.816. The molecule has 2 fully saturated rings. The Hall–Kier alpha value is -1.35. The van der Waals surface area contributed by atoms with E-state index in [1.165, 1.54) is 0 Å². The van der Waals surface area contributed by atoms with Gasteiger partial charge in [0.15, 0.2) is 0 Å². The summed E-state index contributed by atoms with van der Waals surface area (Å²) in [4.78, 5) is 14.9. The van der Waals surface area contributed by atoms with Crippen LogP contribution >= 0.6 is 0 Å². The van der Waals surface area contributed by atoms with Crippen LogP contribution in [0.3, 0.4) is 0 Å². The molecule has 1 atom stereocenters. The van der Waals surface area contributed by atoms with Crippen molar-refractivity contribution in [1.29, 1.82) is 0 Å². The zero-order valence-corrected chi connectivity index (χ0v) is 11.5. The van der Waals surface area contributed by atoms with Crippen molar-refractivity contribution in [1.82, 2.24) is 4.90 Å². The first-order chi connectivity index (χ1) is 9.27. The number of hydrogen-bond donors (Lipinski definition) is 0. The molecule has 1 unspecified atom stereocenters. The third-order valence-electron chi connectivity index (χ3n) is 4.44. The van der Waals surface area contributed by atoms with Crippen LogP contribution in [0, 0.1) is 0 Å². The van der Waals surface area contributed by atoms with Crippen LogP contribution in [0.15, 0.2) is 30.3 Å². The van der Waals surface area contributed by atoms with Crippen LogP contribution < -0.4 is 0 Å². The highest BCUT2D eigenvalue weighted by molar-refractivity contribution is 5.95. The molecule has 3 nitrogen and oxygen atoms in total. The molecular weight excluding hydrogens is 238 g/mol. The van der Waals surface area contributed by atoms with Crippen molar-refractivity contribution in [2.45, 2.75) is 50.8 Å². The first-order valence-corrected chi connectivity index (χ1v) is 7.29. The summed E-state index contributed by atoms with van der Waals surface area (Å²) < 4.78 is 6.07. The molecule has 1 saturated heterocycles. The van der Waals surface area contributed by atoms with Crippen molar-refractivity contribution in [2.24, 2.45) is 0 Å². The first kappa shape index (κ1) is 12.7. The third-order valence-corrected chi connectivity index (χ3v) is 4.44. The molecule has 2 aliphatic rings. The third kappa shape index (κ3) is 2.06. The van der Waals surface area contributed by atoms with Gasteiger partial charge in [-0.2, -0.15) is 0 Å². The van der Waals surface area contributed by atoms with Gasteiger partial charge in [0.2, 0.25) is 0 Å². The van der Waals surface area contributed by atoms with E-state index in [0.29, 0.717) is 6.61 Å². The Balaban J connectivity index is 1.92. The molecule has 1 amide bonds. The van der Waals surface area contributed by atoms with E-state index in [4.69, 9.17) is 4.74 Å². The van der Waals surface area contributed by atoms with E-state index < -0.39 is 0 Å². The van der Waals surface area contributed by atoms with Crippen molar-refractivity contribution >= 4 is 5.91 Å². The molecule has 1 saturated carbocycles. The predicted octanol–water partition coefficient (Wildman–Crippen LogP) is 3.21. The highest BCUT2D eigenvalue weighted by Crippen LogP contribution is 2.43. The number of amides is 1. The van der Waals surface area contributed by atoms with E-state index in [1.807, 2.05) is 35.2 Å². The average Bonchev–Trinajstić information content (AvgIpc) is 3.07. The molecule has 0 radical (unpaired) electrons. The Bertz CT molecular complexity index is 451. The lowest BCUT2D eigenvalue weighted by Crippen LogP contribution is -2.49. The van der Waals surface area contributed by atoms with Crippen molar-refractivity contribution in [3.05, 3.63) is 35.9 Å². The summed E-state index contributed by atoms with van der Waals surface area (Å²) in [5.41, 5.74) is 0.464. The maximum absolute atomic E-state index is 12.8. The molecule has 3 heteroatoms. The molecule has 0 aromatic heterocycles. The Morgan fingerprint density at radius 2 is 2.00 bits per heavy atom. The fourth-order valence-corrected chi connectivity index (χ4v) is 3.41. The van der Waals surface area contributed by atoms with E-state index in [9.17, 15) is 4.79 Å². The minimum Gasteiger partial charge on any atom is -0.353 e. The standard InChI is InChI=1S/C16H21NO2/c1-2-14-12-19-16(10-6-7-11-16)17(14)15(18)13-8-4-3-5-9-13/h3-5,8-9,14H,2,6-7,10-12H2,1H3. The molecule has 0 bridgehead atoms. The van der Waals surface area contributed by atoms with E-state index in [2.05, 4.69) is 6.92 Å².